The minimum atomic E-state index is 0. The second-order valence-electron chi connectivity index (χ2n) is 7.97. The standard InChI is InChI=1S/C24H33N5O2.HI/c1-25-24(29-13-11-27(12-14-29)21-9-5-6-10-23(21)30)26-19-22(20-7-3-2-4-8-20)28-15-17-31-18-16-28;/h2-10,22,30H,11-19H2,1H3,(H,25,26);1H. The SMILES string of the molecule is CN=C(NCC(c1ccccc1)N1CCOCC1)N1CCN(c2ccccc2O)CC1.I. The zero-order valence-corrected chi connectivity index (χ0v) is 21.0. The highest BCUT2D eigenvalue weighted by Gasteiger charge is 2.25. The Morgan fingerprint density at radius 2 is 1.62 bits per heavy atom. The average Bonchev–Trinajstić information content (AvgIpc) is 2.84. The molecular weight excluding hydrogens is 517 g/mol. The lowest BCUT2D eigenvalue weighted by molar-refractivity contribution is 0.0169. The third kappa shape index (κ3) is 6.05. The van der Waals surface area contributed by atoms with Crippen LogP contribution in [-0.2, 0) is 4.74 Å². The van der Waals surface area contributed by atoms with Crippen molar-refractivity contribution < 1.29 is 9.84 Å². The van der Waals surface area contributed by atoms with Gasteiger partial charge in [-0.25, -0.2) is 0 Å². The first-order chi connectivity index (χ1) is 15.3. The summed E-state index contributed by atoms with van der Waals surface area (Å²) in [7, 11) is 1.85. The van der Waals surface area contributed by atoms with Gasteiger partial charge < -0.3 is 25.0 Å². The summed E-state index contributed by atoms with van der Waals surface area (Å²) in [4.78, 5) is 11.6. The van der Waals surface area contributed by atoms with Crippen molar-refractivity contribution in [3.05, 3.63) is 60.2 Å². The molecule has 174 valence electrons. The summed E-state index contributed by atoms with van der Waals surface area (Å²) in [5.41, 5.74) is 2.22. The van der Waals surface area contributed by atoms with Crippen LogP contribution in [-0.4, -0.2) is 86.9 Å². The molecule has 0 bridgehead atoms. The molecule has 2 saturated heterocycles. The number of guanidine groups is 1. The fourth-order valence-corrected chi connectivity index (χ4v) is 4.43. The Bertz CT molecular complexity index is 852. The number of aliphatic imine (C=N–C) groups is 1. The predicted octanol–water partition coefficient (Wildman–Crippen LogP) is 2.78. The maximum atomic E-state index is 10.2. The van der Waals surface area contributed by atoms with E-state index in [0.717, 1.165) is 70.7 Å². The second-order valence-corrected chi connectivity index (χ2v) is 7.97. The van der Waals surface area contributed by atoms with Crippen LogP contribution in [0.2, 0.25) is 0 Å². The Balaban J connectivity index is 0.00000289. The third-order valence-corrected chi connectivity index (χ3v) is 6.14. The molecule has 0 radical (unpaired) electrons. The second kappa shape index (κ2) is 12.3. The van der Waals surface area contributed by atoms with Crippen molar-refractivity contribution in [2.45, 2.75) is 6.04 Å². The Labute approximate surface area is 208 Å². The number of phenols is 1. The summed E-state index contributed by atoms with van der Waals surface area (Å²) in [5.74, 6) is 1.28. The van der Waals surface area contributed by atoms with Gasteiger partial charge in [0.15, 0.2) is 5.96 Å². The van der Waals surface area contributed by atoms with E-state index in [0.29, 0.717) is 5.75 Å². The highest BCUT2D eigenvalue weighted by molar-refractivity contribution is 14.0. The number of aromatic hydroxyl groups is 1. The summed E-state index contributed by atoms with van der Waals surface area (Å²) in [5, 5.41) is 13.8. The van der Waals surface area contributed by atoms with E-state index in [4.69, 9.17) is 4.74 Å². The van der Waals surface area contributed by atoms with Crippen molar-refractivity contribution in [3.8, 4) is 5.75 Å². The smallest absolute Gasteiger partial charge is 0.193 e. The van der Waals surface area contributed by atoms with Crippen molar-refractivity contribution in [1.82, 2.24) is 15.1 Å². The number of ether oxygens (including phenoxy) is 1. The van der Waals surface area contributed by atoms with Crippen LogP contribution in [0.15, 0.2) is 59.6 Å². The normalized spacial score (nSPS) is 18.7. The van der Waals surface area contributed by atoms with Gasteiger partial charge in [0.2, 0.25) is 0 Å². The van der Waals surface area contributed by atoms with E-state index in [-0.39, 0.29) is 30.0 Å². The molecule has 0 spiro atoms. The van der Waals surface area contributed by atoms with Gasteiger partial charge in [-0.05, 0) is 17.7 Å². The van der Waals surface area contributed by atoms with Gasteiger partial charge in [0.1, 0.15) is 5.75 Å². The predicted molar refractivity (Wildman–Crippen MR) is 140 cm³/mol. The molecule has 2 aliphatic rings. The number of piperazine rings is 1. The van der Waals surface area contributed by atoms with Crippen LogP contribution in [0.3, 0.4) is 0 Å². The molecule has 0 aromatic heterocycles. The summed E-state index contributed by atoms with van der Waals surface area (Å²) < 4.78 is 5.57. The van der Waals surface area contributed by atoms with Crippen LogP contribution in [0.1, 0.15) is 11.6 Å². The molecule has 2 fully saturated rings. The number of nitrogens with one attached hydrogen (secondary N) is 1. The number of para-hydroxylation sites is 2. The summed E-state index contributed by atoms with van der Waals surface area (Å²) in [6, 6.07) is 18.5. The van der Waals surface area contributed by atoms with E-state index in [9.17, 15) is 5.11 Å². The minimum absolute atomic E-state index is 0. The lowest BCUT2D eigenvalue weighted by Gasteiger charge is -2.39. The largest absolute Gasteiger partial charge is 0.506 e. The van der Waals surface area contributed by atoms with Crippen LogP contribution >= 0.6 is 24.0 Å². The van der Waals surface area contributed by atoms with Crippen LogP contribution in [0.5, 0.6) is 5.75 Å². The quantitative estimate of drug-likeness (QED) is 0.339. The molecular formula is C24H34IN5O2. The van der Waals surface area contributed by atoms with Gasteiger partial charge in [-0.1, -0.05) is 42.5 Å². The number of phenolic OH excluding ortho intramolecular Hbond substituents is 1. The third-order valence-electron chi connectivity index (χ3n) is 6.14. The number of morpholine rings is 1. The Morgan fingerprint density at radius 1 is 0.969 bits per heavy atom. The Morgan fingerprint density at radius 3 is 2.28 bits per heavy atom. The van der Waals surface area contributed by atoms with E-state index >= 15 is 0 Å². The van der Waals surface area contributed by atoms with E-state index in [1.807, 2.05) is 25.2 Å². The van der Waals surface area contributed by atoms with Crippen LogP contribution in [0, 0.1) is 0 Å². The van der Waals surface area contributed by atoms with Gasteiger partial charge in [0.05, 0.1) is 24.9 Å². The first-order valence-electron chi connectivity index (χ1n) is 11.1. The summed E-state index contributed by atoms with van der Waals surface area (Å²) >= 11 is 0. The zero-order chi connectivity index (χ0) is 21.5. The van der Waals surface area contributed by atoms with Crippen LogP contribution < -0.4 is 10.2 Å². The van der Waals surface area contributed by atoms with E-state index in [1.165, 1.54) is 5.56 Å². The number of benzene rings is 2. The first-order valence-corrected chi connectivity index (χ1v) is 11.1. The molecule has 1 atom stereocenters. The van der Waals surface area contributed by atoms with Gasteiger partial charge in [-0.3, -0.25) is 9.89 Å². The molecule has 32 heavy (non-hydrogen) atoms. The molecule has 2 aromatic carbocycles. The number of rotatable bonds is 5. The van der Waals surface area contributed by atoms with Crippen LogP contribution in [0.4, 0.5) is 5.69 Å². The molecule has 0 saturated carbocycles. The fraction of sp³-hybridized carbons (Fsp3) is 0.458. The van der Waals surface area contributed by atoms with Crippen molar-refractivity contribution in [2.75, 3.05) is 71.0 Å². The van der Waals surface area contributed by atoms with Crippen molar-refractivity contribution >= 4 is 35.6 Å². The van der Waals surface area contributed by atoms with Gasteiger partial charge in [-0.15, -0.1) is 24.0 Å². The molecule has 7 nitrogen and oxygen atoms in total. The van der Waals surface area contributed by atoms with Crippen LogP contribution in [0.25, 0.3) is 0 Å². The molecule has 0 aliphatic carbocycles. The topological polar surface area (TPSA) is 63.6 Å². The Kier molecular flexibility index (Phi) is 9.43. The molecule has 2 aliphatic heterocycles. The van der Waals surface area contributed by atoms with E-state index < -0.39 is 0 Å². The Hall–Kier alpha value is -2.04. The summed E-state index contributed by atoms with van der Waals surface area (Å²) in [6.45, 7) is 7.68. The number of hydrogen-bond acceptors (Lipinski definition) is 5. The lowest BCUT2D eigenvalue weighted by Crippen LogP contribution is -2.54. The molecule has 8 heteroatoms. The van der Waals surface area contributed by atoms with Crippen molar-refractivity contribution in [1.29, 1.82) is 0 Å². The number of nitrogens with zero attached hydrogens (tertiary/aromatic N) is 4. The van der Waals surface area contributed by atoms with Crippen molar-refractivity contribution in [2.24, 2.45) is 4.99 Å². The first kappa shape index (κ1) is 24.6. The van der Waals surface area contributed by atoms with Gasteiger partial charge >= 0.3 is 0 Å². The average molecular weight is 551 g/mol. The van der Waals surface area contributed by atoms with Gasteiger partial charge in [-0.2, -0.15) is 0 Å². The van der Waals surface area contributed by atoms with E-state index in [2.05, 4.69) is 55.3 Å². The molecule has 2 N–H and O–H groups in total. The minimum Gasteiger partial charge on any atom is -0.506 e. The maximum Gasteiger partial charge on any atom is 0.193 e. The monoisotopic (exact) mass is 551 g/mol. The molecule has 2 aromatic rings. The molecule has 0 amide bonds. The van der Waals surface area contributed by atoms with Gasteiger partial charge in [0, 0.05) is 52.9 Å². The summed E-state index contributed by atoms with van der Waals surface area (Å²) in [6.07, 6.45) is 0. The lowest BCUT2D eigenvalue weighted by atomic mass is 10.0. The fourth-order valence-electron chi connectivity index (χ4n) is 4.43. The maximum absolute atomic E-state index is 10.2. The van der Waals surface area contributed by atoms with Gasteiger partial charge in [0.25, 0.3) is 0 Å². The number of halogens is 1. The zero-order valence-electron chi connectivity index (χ0n) is 18.7. The molecule has 2 heterocycles. The number of anilines is 1. The molecule has 4 rings (SSSR count). The number of hydrogen-bond donors (Lipinski definition) is 2. The van der Waals surface area contributed by atoms with Crippen molar-refractivity contribution in [3.63, 3.8) is 0 Å². The highest BCUT2D eigenvalue weighted by atomic mass is 127. The highest BCUT2D eigenvalue weighted by Crippen LogP contribution is 2.27. The molecule has 1 unspecified atom stereocenters. The van der Waals surface area contributed by atoms with E-state index in [1.54, 1.807) is 6.07 Å².